The summed E-state index contributed by atoms with van der Waals surface area (Å²) in [4.78, 5) is 0.199. The second kappa shape index (κ2) is 5.24. The molecule has 0 spiro atoms. The fourth-order valence-electron chi connectivity index (χ4n) is 2.56. The van der Waals surface area contributed by atoms with Gasteiger partial charge >= 0.3 is 0 Å². The Balaban J connectivity index is 2.11. The summed E-state index contributed by atoms with van der Waals surface area (Å²) in [5.41, 5.74) is 8.03. The van der Waals surface area contributed by atoms with Crippen molar-refractivity contribution in [3.63, 3.8) is 0 Å². The van der Waals surface area contributed by atoms with E-state index in [0.29, 0.717) is 22.9 Å². The van der Waals surface area contributed by atoms with E-state index in [9.17, 15) is 8.42 Å². The van der Waals surface area contributed by atoms with Gasteiger partial charge in [-0.05, 0) is 48.7 Å². The summed E-state index contributed by atoms with van der Waals surface area (Å²) in [7, 11) is -3.62. The number of rotatable bonds is 2. The quantitative estimate of drug-likeness (QED) is 0.864. The minimum Gasteiger partial charge on any atom is -0.399 e. The van der Waals surface area contributed by atoms with Crippen molar-refractivity contribution in [3.05, 3.63) is 53.1 Å². The summed E-state index contributed by atoms with van der Waals surface area (Å²) in [5, 5.41) is 0.404. The third kappa shape index (κ3) is 2.59. The second-order valence-corrected chi connectivity index (χ2v) is 7.32. The van der Waals surface area contributed by atoms with Crippen molar-refractivity contribution in [3.8, 4) is 0 Å². The average Bonchev–Trinajstić information content (AvgIpc) is 2.46. The molecule has 1 heterocycles. The summed E-state index contributed by atoms with van der Waals surface area (Å²) < 4.78 is 27.1. The number of anilines is 2. The molecule has 0 saturated carbocycles. The molecule has 0 atom stereocenters. The van der Waals surface area contributed by atoms with Gasteiger partial charge in [0, 0.05) is 17.3 Å². The van der Waals surface area contributed by atoms with Crippen LogP contribution in [-0.4, -0.2) is 15.0 Å². The Kier molecular flexibility index (Phi) is 3.55. The molecule has 0 aromatic heterocycles. The summed E-state index contributed by atoms with van der Waals surface area (Å²) in [5.74, 6) is 0. The van der Waals surface area contributed by atoms with E-state index in [0.717, 1.165) is 18.4 Å². The lowest BCUT2D eigenvalue weighted by Gasteiger charge is -2.30. The van der Waals surface area contributed by atoms with Gasteiger partial charge in [-0.1, -0.05) is 23.7 Å². The van der Waals surface area contributed by atoms with Gasteiger partial charge in [0.1, 0.15) is 0 Å². The molecule has 0 saturated heterocycles. The van der Waals surface area contributed by atoms with Crippen LogP contribution in [0.1, 0.15) is 12.0 Å². The van der Waals surface area contributed by atoms with E-state index in [1.807, 2.05) is 6.07 Å². The lowest BCUT2D eigenvalue weighted by Crippen LogP contribution is -2.35. The predicted octanol–water partition coefficient (Wildman–Crippen LogP) is 3.06. The van der Waals surface area contributed by atoms with Gasteiger partial charge < -0.3 is 5.73 Å². The Bertz CT molecular complexity index is 790. The van der Waals surface area contributed by atoms with Crippen molar-refractivity contribution in [2.24, 2.45) is 0 Å². The normalized spacial score (nSPS) is 14.8. The summed E-state index contributed by atoms with van der Waals surface area (Å²) in [6.45, 7) is 0.450. The SMILES string of the molecule is Nc1ccc2c(c1)N(S(=O)(=O)c1cccc(Cl)c1)CCC2. The van der Waals surface area contributed by atoms with Crippen molar-refractivity contribution in [1.29, 1.82) is 0 Å². The topological polar surface area (TPSA) is 63.4 Å². The van der Waals surface area contributed by atoms with E-state index in [1.54, 1.807) is 30.3 Å². The van der Waals surface area contributed by atoms with Crippen LogP contribution < -0.4 is 10.0 Å². The van der Waals surface area contributed by atoms with Gasteiger partial charge in [-0.2, -0.15) is 0 Å². The average molecular weight is 323 g/mol. The number of benzene rings is 2. The van der Waals surface area contributed by atoms with Gasteiger partial charge in [-0.25, -0.2) is 8.42 Å². The smallest absolute Gasteiger partial charge is 0.264 e. The number of halogens is 1. The second-order valence-electron chi connectivity index (χ2n) is 5.03. The first-order chi connectivity index (χ1) is 9.98. The maximum Gasteiger partial charge on any atom is 0.264 e. The molecule has 0 radical (unpaired) electrons. The van der Waals surface area contributed by atoms with Crippen LogP contribution in [-0.2, 0) is 16.4 Å². The van der Waals surface area contributed by atoms with Crippen LogP contribution in [0, 0.1) is 0 Å². The summed E-state index contributed by atoms with van der Waals surface area (Å²) in [6.07, 6.45) is 1.65. The van der Waals surface area contributed by atoms with Gasteiger partial charge in [-0.15, -0.1) is 0 Å². The zero-order valence-electron chi connectivity index (χ0n) is 11.3. The standard InChI is InChI=1S/C15H15ClN2O2S/c16-12-4-1-5-14(9-12)21(19,20)18-8-2-3-11-6-7-13(17)10-15(11)18/h1,4-7,9-10H,2-3,8,17H2. The van der Waals surface area contributed by atoms with Gasteiger partial charge in [0.05, 0.1) is 10.6 Å². The van der Waals surface area contributed by atoms with Gasteiger partial charge in [0.15, 0.2) is 0 Å². The van der Waals surface area contributed by atoms with Crippen LogP contribution in [0.15, 0.2) is 47.4 Å². The van der Waals surface area contributed by atoms with Crippen molar-refractivity contribution in [2.45, 2.75) is 17.7 Å². The number of hydrogen-bond donors (Lipinski definition) is 1. The molecule has 6 heteroatoms. The minimum atomic E-state index is -3.62. The van der Waals surface area contributed by atoms with E-state index in [4.69, 9.17) is 17.3 Å². The Morgan fingerprint density at radius 3 is 2.71 bits per heavy atom. The van der Waals surface area contributed by atoms with Crippen LogP contribution in [0.4, 0.5) is 11.4 Å². The largest absolute Gasteiger partial charge is 0.399 e. The van der Waals surface area contributed by atoms with Crippen LogP contribution in [0.25, 0.3) is 0 Å². The van der Waals surface area contributed by atoms with E-state index in [2.05, 4.69) is 0 Å². The molecule has 0 unspecified atom stereocenters. The Morgan fingerprint density at radius 1 is 1.14 bits per heavy atom. The van der Waals surface area contributed by atoms with Crippen molar-refractivity contribution < 1.29 is 8.42 Å². The van der Waals surface area contributed by atoms with E-state index in [1.165, 1.54) is 10.4 Å². The lowest BCUT2D eigenvalue weighted by atomic mass is 10.0. The molecule has 0 bridgehead atoms. The first kappa shape index (κ1) is 14.2. The fraction of sp³-hybridized carbons (Fsp3) is 0.200. The number of aryl methyl sites for hydroxylation is 1. The molecule has 2 N–H and O–H groups in total. The molecule has 110 valence electrons. The highest BCUT2D eigenvalue weighted by Gasteiger charge is 2.29. The highest BCUT2D eigenvalue weighted by molar-refractivity contribution is 7.92. The van der Waals surface area contributed by atoms with E-state index in [-0.39, 0.29) is 4.90 Å². The van der Waals surface area contributed by atoms with Crippen LogP contribution in [0.2, 0.25) is 5.02 Å². The van der Waals surface area contributed by atoms with Gasteiger partial charge in [0.2, 0.25) is 0 Å². The van der Waals surface area contributed by atoms with Gasteiger partial charge in [0.25, 0.3) is 10.0 Å². The van der Waals surface area contributed by atoms with Crippen LogP contribution in [0.3, 0.4) is 0 Å². The zero-order valence-corrected chi connectivity index (χ0v) is 12.9. The third-order valence-corrected chi connectivity index (χ3v) is 5.61. The molecule has 1 aliphatic heterocycles. The highest BCUT2D eigenvalue weighted by Crippen LogP contribution is 2.33. The Labute approximate surface area is 129 Å². The molecule has 3 rings (SSSR count). The maximum atomic E-state index is 12.8. The minimum absolute atomic E-state index is 0.199. The number of nitrogens with two attached hydrogens (primary N) is 1. The maximum absolute atomic E-state index is 12.8. The monoisotopic (exact) mass is 322 g/mol. The van der Waals surface area contributed by atoms with Crippen molar-refractivity contribution >= 4 is 33.0 Å². The molecule has 1 aliphatic rings. The van der Waals surface area contributed by atoms with Crippen molar-refractivity contribution in [2.75, 3.05) is 16.6 Å². The van der Waals surface area contributed by atoms with E-state index < -0.39 is 10.0 Å². The third-order valence-electron chi connectivity index (χ3n) is 3.57. The Morgan fingerprint density at radius 2 is 1.95 bits per heavy atom. The molecule has 21 heavy (non-hydrogen) atoms. The zero-order chi connectivity index (χ0) is 15.0. The number of nitrogens with zero attached hydrogens (tertiary/aromatic N) is 1. The number of hydrogen-bond acceptors (Lipinski definition) is 3. The van der Waals surface area contributed by atoms with Gasteiger partial charge in [-0.3, -0.25) is 4.31 Å². The van der Waals surface area contributed by atoms with Crippen LogP contribution >= 0.6 is 11.6 Å². The Hall–Kier alpha value is -1.72. The molecule has 0 amide bonds. The molecular weight excluding hydrogens is 308 g/mol. The summed E-state index contributed by atoms with van der Waals surface area (Å²) in [6, 6.07) is 11.7. The molecule has 4 nitrogen and oxygen atoms in total. The fourth-order valence-corrected chi connectivity index (χ4v) is 4.40. The van der Waals surface area contributed by atoms with Crippen LogP contribution in [0.5, 0.6) is 0 Å². The molecular formula is C15H15ClN2O2S. The molecule has 0 aliphatic carbocycles. The molecule has 2 aromatic carbocycles. The number of nitrogen functional groups attached to an aromatic ring is 1. The number of fused-ring (bicyclic) bond motifs is 1. The number of sulfonamides is 1. The predicted molar refractivity (Wildman–Crippen MR) is 85.2 cm³/mol. The van der Waals surface area contributed by atoms with E-state index >= 15 is 0 Å². The first-order valence-electron chi connectivity index (χ1n) is 6.65. The highest BCUT2D eigenvalue weighted by atomic mass is 35.5. The lowest BCUT2D eigenvalue weighted by molar-refractivity contribution is 0.586. The molecule has 0 fully saturated rings. The molecule has 2 aromatic rings. The summed E-state index contributed by atoms with van der Waals surface area (Å²) >= 11 is 5.91. The van der Waals surface area contributed by atoms with Crippen molar-refractivity contribution in [1.82, 2.24) is 0 Å². The first-order valence-corrected chi connectivity index (χ1v) is 8.47.